The molecule has 2 heterocycles. The Balaban J connectivity index is 2.50. The molecule has 0 aliphatic heterocycles. The number of rotatable bonds is 2. The predicted octanol–water partition coefficient (Wildman–Crippen LogP) is 1.49. The summed E-state index contributed by atoms with van der Waals surface area (Å²) in [6, 6.07) is 1.89. The number of pyridine rings is 1. The quantitative estimate of drug-likeness (QED) is 0.882. The molecule has 0 spiro atoms. The molecular weight excluding hydrogens is 244 g/mol. The number of aromatic nitrogens is 3. The maximum atomic E-state index is 5.61. The van der Waals surface area contributed by atoms with Crippen molar-refractivity contribution in [2.45, 2.75) is 6.54 Å². The van der Waals surface area contributed by atoms with Crippen LogP contribution in [0.25, 0.3) is 5.69 Å². The lowest BCUT2D eigenvalue weighted by atomic mass is 10.2. The molecule has 2 aromatic rings. The van der Waals surface area contributed by atoms with E-state index in [-0.39, 0.29) is 0 Å². The van der Waals surface area contributed by atoms with E-state index in [0.29, 0.717) is 6.54 Å². The average molecular weight is 253 g/mol. The monoisotopic (exact) mass is 252 g/mol. The Labute approximate surface area is 89.9 Å². The van der Waals surface area contributed by atoms with Gasteiger partial charge < -0.3 is 5.73 Å². The Bertz CT molecular complexity index is 438. The third-order valence-corrected chi connectivity index (χ3v) is 2.31. The minimum atomic E-state index is 0.481. The first-order chi connectivity index (χ1) is 6.81. The molecule has 72 valence electrons. The molecule has 2 N–H and O–H groups in total. The molecule has 2 rings (SSSR count). The van der Waals surface area contributed by atoms with Crippen LogP contribution in [0, 0.1) is 0 Å². The molecule has 0 atom stereocenters. The second kappa shape index (κ2) is 3.89. The minimum Gasteiger partial charge on any atom is -0.326 e. The average Bonchev–Trinajstić information content (AvgIpc) is 2.65. The summed E-state index contributed by atoms with van der Waals surface area (Å²) in [5, 5.41) is 4.17. The molecule has 0 amide bonds. The van der Waals surface area contributed by atoms with Gasteiger partial charge in [0.2, 0.25) is 0 Å². The fourth-order valence-electron chi connectivity index (χ4n) is 1.23. The zero-order chi connectivity index (χ0) is 9.97. The number of nitrogens with two attached hydrogens (primary N) is 1. The molecule has 0 saturated carbocycles. The van der Waals surface area contributed by atoms with Gasteiger partial charge in [0, 0.05) is 18.9 Å². The first kappa shape index (κ1) is 9.36. The molecule has 0 aliphatic carbocycles. The summed E-state index contributed by atoms with van der Waals surface area (Å²) in [6.07, 6.45) is 7.08. The summed E-state index contributed by atoms with van der Waals surface area (Å²) in [7, 11) is 0. The van der Waals surface area contributed by atoms with Gasteiger partial charge in [-0.3, -0.25) is 4.98 Å². The van der Waals surface area contributed by atoms with Crippen LogP contribution in [0.4, 0.5) is 0 Å². The van der Waals surface area contributed by atoms with Crippen molar-refractivity contribution in [2.75, 3.05) is 0 Å². The second-order valence-electron chi connectivity index (χ2n) is 2.81. The van der Waals surface area contributed by atoms with Crippen molar-refractivity contribution < 1.29 is 0 Å². The number of halogens is 1. The summed E-state index contributed by atoms with van der Waals surface area (Å²) in [5.41, 5.74) is 7.56. The fraction of sp³-hybridized carbons (Fsp3) is 0.111. The molecule has 0 fully saturated rings. The fourth-order valence-corrected chi connectivity index (χ4v) is 1.51. The van der Waals surface area contributed by atoms with E-state index in [0.717, 1.165) is 15.7 Å². The summed E-state index contributed by atoms with van der Waals surface area (Å²) in [4.78, 5) is 4.05. The molecular formula is C9H9BrN4. The predicted molar refractivity (Wildman–Crippen MR) is 57.0 cm³/mol. The van der Waals surface area contributed by atoms with E-state index < -0.39 is 0 Å². The van der Waals surface area contributed by atoms with Gasteiger partial charge in [-0.2, -0.15) is 5.10 Å². The van der Waals surface area contributed by atoms with Crippen molar-refractivity contribution in [3.63, 3.8) is 0 Å². The first-order valence-electron chi connectivity index (χ1n) is 4.15. The standard InChI is InChI=1S/C9H9BrN4/c10-8-4-13-14(6-8)9-5-12-2-1-7(9)3-11/h1-2,4-6H,3,11H2. The molecule has 14 heavy (non-hydrogen) atoms. The topological polar surface area (TPSA) is 56.7 Å². The van der Waals surface area contributed by atoms with Gasteiger partial charge in [0.25, 0.3) is 0 Å². The maximum Gasteiger partial charge on any atom is 0.0873 e. The highest BCUT2D eigenvalue weighted by Crippen LogP contribution is 2.14. The number of nitrogens with zero attached hydrogens (tertiary/aromatic N) is 3. The molecule has 2 aromatic heterocycles. The van der Waals surface area contributed by atoms with Crippen LogP contribution in [-0.2, 0) is 6.54 Å². The highest BCUT2D eigenvalue weighted by atomic mass is 79.9. The van der Waals surface area contributed by atoms with E-state index in [1.807, 2.05) is 12.3 Å². The number of hydrogen-bond acceptors (Lipinski definition) is 3. The zero-order valence-electron chi connectivity index (χ0n) is 7.39. The SMILES string of the molecule is NCc1ccncc1-n1cc(Br)cn1. The lowest BCUT2D eigenvalue weighted by molar-refractivity contribution is 0.850. The van der Waals surface area contributed by atoms with E-state index in [1.165, 1.54) is 0 Å². The van der Waals surface area contributed by atoms with Crippen molar-refractivity contribution in [3.05, 3.63) is 40.9 Å². The van der Waals surface area contributed by atoms with Crippen molar-refractivity contribution in [2.24, 2.45) is 5.73 Å². The highest BCUT2D eigenvalue weighted by Gasteiger charge is 2.03. The van der Waals surface area contributed by atoms with E-state index in [4.69, 9.17) is 5.73 Å². The Morgan fingerprint density at radius 1 is 1.43 bits per heavy atom. The molecule has 0 aromatic carbocycles. The molecule has 0 saturated heterocycles. The van der Waals surface area contributed by atoms with Crippen LogP contribution in [0.2, 0.25) is 0 Å². The van der Waals surface area contributed by atoms with Crippen LogP contribution in [-0.4, -0.2) is 14.8 Å². The van der Waals surface area contributed by atoms with Gasteiger partial charge in [-0.15, -0.1) is 0 Å². The lowest BCUT2D eigenvalue weighted by Gasteiger charge is -2.05. The van der Waals surface area contributed by atoms with Crippen molar-refractivity contribution >= 4 is 15.9 Å². The van der Waals surface area contributed by atoms with Crippen molar-refractivity contribution in [1.82, 2.24) is 14.8 Å². The van der Waals surface area contributed by atoms with E-state index >= 15 is 0 Å². The van der Waals surface area contributed by atoms with Crippen LogP contribution in [0.5, 0.6) is 0 Å². The second-order valence-corrected chi connectivity index (χ2v) is 3.73. The van der Waals surface area contributed by atoms with Gasteiger partial charge in [-0.1, -0.05) is 0 Å². The number of hydrogen-bond donors (Lipinski definition) is 1. The summed E-state index contributed by atoms with van der Waals surface area (Å²) >= 11 is 3.34. The first-order valence-corrected chi connectivity index (χ1v) is 4.94. The molecule has 0 bridgehead atoms. The Hall–Kier alpha value is -1.20. The summed E-state index contributed by atoms with van der Waals surface area (Å²) in [5.74, 6) is 0. The third kappa shape index (κ3) is 1.69. The van der Waals surface area contributed by atoms with Gasteiger partial charge in [0.15, 0.2) is 0 Å². The van der Waals surface area contributed by atoms with Crippen molar-refractivity contribution in [1.29, 1.82) is 0 Å². The minimum absolute atomic E-state index is 0.481. The van der Waals surface area contributed by atoms with Crippen LogP contribution in [0.1, 0.15) is 5.56 Å². The van der Waals surface area contributed by atoms with Crippen molar-refractivity contribution in [3.8, 4) is 5.69 Å². The molecule has 0 unspecified atom stereocenters. The normalized spacial score (nSPS) is 10.4. The van der Waals surface area contributed by atoms with Crippen LogP contribution in [0.15, 0.2) is 35.3 Å². The molecule has 4 nitrogen and oxygen atoms in total. The zero-order valence-corrected chi connectivity index (χ0v) is 8.98. The smallest absolute Gasteiger partial charge is 0.0873 e. The van der Waals surface area contributed by atoms with E-state index in [1.54, 1.807) is 23.3 Å². The van der Waals surface area contributed by atoms with E-state index in [9.17, 15) is 0 Å². The van der Waals surface area contributed by atoms with Gasteiger partial charge in [0.05, 0.1) is 22.6 Å². The maximum absolute atomic E-state index is 5.61. The Kier molecular flexibility index (Phi) is 2.60. The molecule has 0 aliphatic rings. The largest absolute Gasteiger partial charge is 0.326 e. The summed E-state index contributed by atoms with van der Waals surface area (Å²) < 4.78 is 2.68. The van der Waals surface area contributed by atoms with E-state index in [2.05, 4.69) is 26.0 Å². The molecule has 0 radical (unpaired) electrons. The van der Waals surface area contributed by atoms with Gasteiger partial charge in [-0.25, -0.2) is 4.68 Å². The lowest BCUT2D eigenvalue weighted by Crippen LogP contribution is -2.05. The highest BCUT2D eigenvalue weighted by molar-refractivity contribution is 9.10. The third-order valence-electron chi connectivity index (χ3n) is 1.91. The van der Waals surface area contributed by atoms with Gasteiger partial charge >= 0.3 is 0 Å². The van der Waals surface area contributed by atoms with Gasteiger partial charge in [-0.05, 0) is 27.6 Å². The van der Waals surface area contributed by atoms with Gasteiger partial charge in [0.1, 0.15) is 0 Å². The Morgan fingerprint density at radius 2 is 2.29 bits per heavy atom. The summed E-state index contributed by atoms with van der Waals surface area (Å²) in [6.45, 7) is 0.481. The van der Waals surface area contributed by atoms with Crippen LogP contribution >= 0.6 is 15.9 Å². The van der Waals surface area contributed by atoms with Crippen LogP contribution in [0.3, 0.4) is 0 Å². The van der Waals surface area contributed by atoms with Crippen LogP contribution < -0.4 is 5.73 Å². The molecule has 5 heteroatoms. The Morgan fingerprint density at radius 3 is 2.93 bits per heavy atom.